The zero-order valence-electron chi connectivity index (χ0n) is 7.39. The Morgan fingerprint density at radius 2 is 1.38 bits per heavy atom. The molecule has 12 heteroatoms. The van der Waals surface area contributed by atoms with Gasteiger partial charge >= 0.3 is 12.1 Å². The van der Waals surface area contributed by atoms with Crippen LogP contribution in [0.3, 0.4) is 0 Å². The van der Waals surface area contributed by atoms with Crippen LogP contribution in [-0.4, -0.2) is 44.5 Å². The van der Waals surface area contributed by atoms with Gasteiger partial charge in [-0.15, -0.1) is 0 Å². The number of hydrazine groups is 2. The molecule has 2 rings (SSSR count). The van der Waals surface area contributed by atoms with E-state index in [2.05, 4.69) is 0 Å². The maximum atomic E-state index is 11.3. The molecule has 86 valence electrons. The number of nitrogens with one attached hydrogen (secondary N) is 2. The third-order valence-electron chi connectivity index (χ3n) is 2.13. The first kappa shape index (κ1) is 9.88. The molecule has 2 heterocycles. The Morgan fingerprint density at radius 1 is 1.00 bits per heavy atom. The summed E-state index contributed by atoms with van der Waals surface area (Å²) in [5, 5.41) is 22.8. The number of hydrogen-bond donors (Lipinski definition) is 2. The Hall–Kier alpha value is -2.66. The summed E-state index contributed by atoms with van der Waals surface area (Å²) in [6.07, 6.45) is -2.78. The first-order valence-electron chi connectivity index (χ1n) is 3.91. The molecule has 0 aromatic rings. The second-order valence-electron chi connectivity index (χ2n) is 2.95. The molecule has 2 aliphatic rings. The number of hydrogen-bond acceptors (Lipinski definition) is 6. The summed E-state index contributed by atoms with van der Waals surface area (Å²) in [5.41, 5.74) is 0. The summed E-state index contributed by atoms with van der Waals surface area (Å²) >= 11 is 0. The second-order valence-corrected chi connectivity index (χ2v) is 2.95. The Kier molecular flexibility index (Phi) is 1.80. The zero-order valence-corrected chi connectivity index (χ0v) is 7.39. The minimum Gasteiger partial charge on any atom is -0.309 e. The van der Waals surface area contributed by atoms with E-state index in [4.69, 9.17) is 0 Å². The zero-order chi connectivity index (χ0) is 12.0. The average molecular weight is 232 g/mol. The number of nitro groups is 2. The van der Waals surface area contributed by atoms with Gasteiger partial charge in [0, 0.05) is 0 Å². The van der Waals surface area contributed by atoms with Crippen molar-refractivity contribution in [2.45, 2.75) is 12.3 Å². The SMILES string of the molecule is O=C1NC2C(N1)N([N+](=O)[O-])C(=O)N2[N+](=O)[O-]. The van der Waals surface area contributed by atoms with Crippen molar-refractivity contribution in [2.24, 2.45) is 0 Å². The fraction of sp³-hybridized carbons (Fsp3) is 0.500. The van der Waals surface area contributed by atoms with E-state index >= 15 is 0 Å². The van der Waals surface area contributed by atoms with Gasteiger partial charge in [-0.2, -0.15) is 0 Å². The van der Waals surface area contributed by atoms with Crippen molar-refractivity contribution in [2.75, 3.05) is 0 Å². The van der Waals surface area contributed by atoms with Crippen LogP contribution >= 0.6 is 0 Å². The summed E-state index contributed by atoms with van der Waals surface area (Å²) < 4.78 is 0. The predicted octanol–water partition coefficient (Wildman–Crippen LogP) is -1.93. The van der Waals surface area contributed by atoms with Crippen LogP contribution in [0.15, 0.2) is 0 Å². The molecule has 4 amide bonds. The lowest BCUT2D eigenvalue weighted by Crippen LogP contribution is -2.47. The van der Waals surface area contributed by atoms with E-state index in [0.29, 0.717) is 0 Å². The first-order chi connectivity index (χ1) is 7.43. The normalized spacial score (nSPS) is 27.5. The highest BCUT2D eigenvalue weighted by Crippen LogP contribution is 2.22. The van der Waals surface area contributed by atoms with Crippen LogP contribution in [0.4, 0.5) is 9.59 Å². The van der Waals surface area contributed by atoms with Crippen LogP contribution in [0.25, 0.3) is 0 Å². The summed E-state index contributed by atoms with van der Waals surface area (Å²) in [6, 6.07) is -2.24. The number of urea groups is 2. The molecule has 0 saturated carbocycles. The third kappa shape index (κ3) is 1.09. The Labute approximate surface area is 86.0 Å². The predicted molar refractivity (Wildman–Crippen MR) is 42.3 cm³/mol. The van der Waals surface area contributed by atoms with E-state index in [9.17, 15) is 29.8 Å². The molecule has 0 bridgehead atoms. The number of carbonyl (C=O) groups excluding carboxylic acids is 2. The van der Waals surface area contributed by atoms with Gasteiger partial charge in [0.25, 0.3) is 0 Å². The number of rotatable bonds is 2. The van der Waals surface area contributed by atoms with Crippen molar-refractivity contribution in [3.05, 3.63) is 20.2 Å². The molecule has 2 unspecified atom stereocenters. The van der Waals surface area contributed by atoms with Crippen molar-refractivity contribution in [3.8, 4) is 0 Å². The van der Waals surface area contributed by atoms with Gasteiger partial charge in [0.05, 0.1) is 0 Å². The lowest BCUT2D eigenvalue weighted by molar-refractivity contribution is -0.652. The third-order valence-corrected chi connectivity index (χ3v) is 2.13. The fourth-order valence-electron chi connectivity index (χ4n) is 1.54. The summed E-state index contributed by atoms with van der Waals surface area (Å²) in [4.78, 5) is 43.2. The van der Waals surface area contributed by atoms with Gasteiger partial charge < -0.3 is 10.6 Å². The van der Waals surface area contributed by atoms with Crippen molar-refractivity contribution in [1.29, 1.82) is 0 Å². The molecule has 0 aromatic carbocycles. The molecular weight excluding hydrogens is 228 g/mol. The van der Waals surface area contributed by atoms with Crippen molar-refractivity contribution in [1.82, 2.24) is 20.7 Å². The van der Waals surface area contributed by atoms with Crippen LogP contribution in [0.2, 0.25) is 0 Å². The van der Waals surface area contributed by atoms with E-state index in [1.807, 2.05) is 10.6 Å². The molecular formula is C4H4N6O6. The summed E-state index contributed by atoms with van der Waals surface area (Å²) in [6.45, 7) is 0. The van der Waals surface area contributed by atoms with Gasteiger partial charge in [-0.3, -0.25) is 0 Å². The van der Waals surface area contributed by atoms with Gasteiger partial charge in [-0.25, -0.2) is 29.8 Å². The minimum atomic E-state index is -1.42. The van der Waals surface area contributed by atoms with Crippen LogP contribution in [0, 0.1) is 20.2 Å². The smallest absolute Gasteiger partial charge is 0.309 e. The van der Waals surface area contributed by atoms with Crippen LogP contribution in [0.5, 0.6) is 0 Å². The van der Waals surface area contributed by atoms with Gasteiger partial charge in [0.1, 0.15) is 0 Å². The summed E-state index contributed by atoms with van der Waals surface area (Å²) in [5.74, 6) is 0. The quantitative estimate of drug-likeness (QED) is 0.418. The van der Waals surface area contributed by atoms with Crippen LogP contribution < -0.4 is 10.6 Å². The molecule has 0 radical (unpaired) electrons. The highest BCUT2D eigenvalue weighted by Gasteiger charge is 2.63. The van der Waals surface area contributed by atoms with Crippen molar-refractivity contribution in [3.63, 3.8) is 0 Å². The van der Waals surface area contributed by atoms with Gasteiger partial charge in [-0.05, 0) is 10.0 Å². The molecule has 16 heavy (non-hydrogen) atoms. The fourth-order valence-corrected chi connectivity index (χ4v) is 1.54. The van der Waals surface area contributed by atoms with Gasteiger partial charge in [0.15, 0.2) is 10.1 Å². The van der Waals surface area contributed by atoms with Crippen LogP contribution in [-0.2, 0) is 0 Å². The minimum absolute atomic E-state index is 0.00856. The number of fused-ring (bicyclic) bond motifs is 1. The number of amides is 4. The molecule has 2 N–H and O–H groups in total. The topological polar surface area (TPSA) is 151 Å². The lowest BCUT2D eigenvalue weighted by atomic mass is 10.4. The highest BCUT2D eigenvalue weighted by atomic mass is 16.7. The van der Waals surface area contributed by atoms with E-state index in [-0.39, 0.29) is 10.0 Å². The van der Waals surface area contributed by atoms with Gasteiger partial charge in [-0.1, -0.05) is 0 Å². The average Bonchev–Trinajstić information content (AvgIpc) is 2.56. The number of nitrogens with zero attached hydrogens (tertiary/aromatic N) is 4. The molecule has 2 saturated heterocycles. The molecule has 12 nitrogen and oxygen atoms in total. The maximum Gasteiger partial charge on any atom is 0.439 e. The Bertz CT molecular complexity index is 374. The van der Waals surface area contributed by atoms with Crippen molar-refractivity contribution < 1.29 is 19.7 Å². The van der Waals surface area contributed by atoms with E-state index < -0.39 is 34.5 Å². The molecule has 2 fully saturated rings. The van der Waals surface area contributed by atoms with Gasteiger partial charge in [0.2, 0.25) is 12.3 Å². The molecule has 0 spiro atoms. The molecule has 0 aliphatic carbocycles. The highest BCUT2D eigenvalue weighted by molar-refractivity contribution is 5.83. The first-order valence-corrected chi connectivity index (χ1v) is 3.91. The van der Waals surface area contributed by atoms with E-state index in [1.165, 1.54) is 0 Å². The number of carbonyl (C=O) groups is 2. The summed E-state index contributed by atoms with van der Waals surface area (Å²) in [7, 11) is 0. The lowest BCUT2D eigenvalue weighted by Gasteiger charge is -2.07. The molecule has 0 aromatic heterocycles. The second kappa shape index (κ2) is 2.91. The Balaban J connectivity index is 2.38. The van der Waals surface area contributed by atoms with Crippen molar-refractivity contribution >= 4 is 12.1 Å². The maximum absolute atomic E-state index is 11.3. The largest absolute Gasteiger partial charge is 0.439 e. The van der Waals surface area contributed by atoms with Crippen LogP contribution in [0.1, 0.15) is 0 Å². The van der Waals surface area contributed by atoms with E-state index in [0.717, 1.165) is 0 Å². The Morgan fingerprint density at radius 3 is 1.69 bits per heavy atom. The van der Waals surface area contributed by atoms with E-state index in [1.54, 1.807) is 0 Å². The standard InChI is InChI=1S/C4H4N6O6/c11-3-5-1-2(6-3)8(10(15)16)4(12)7(1)9(13)14/h1-2H,(H2,5,6,11). The molecule has 2 aliphatic heterocycles. The monoisotopic (exact) mass is 232 g/mol. The molecule has 2 atom stereocenters.